The lowest BCUT2D eigenvalue weighted by Crippen LogP contribution is -2.15. The minimum atomic E-state index is -0.632. The number of amides is 1. The third-order valence-electron chi connectivity index (χ3n) is 3.77. The number of aryl methyl sites for hydroxylation is 1. The molecule has 0 spiro atoms. The van der Waals surface area contributed by atoms with Gasteiger partial charge in [-0.05, 0) is 33.3 Å². The van der Waals surface area contributed by atoms with Crippen LogP contribution in [0, 0.1) is 6.92 Å². The highest BCUT2D eigenvalue weighted by Crippen LogP contribution is 2.34. The fourth-order valence-corrected chi connectivity index (χ4v) is 3.61. The van der Waals surface area contributed by atoms with Crippen molar-refractivity contribution < 1.29 is 28.7 Å². The third kappa shape index (κ3) is 4.28. The van der Waals surface area contributed by atoms with Crippen molar-refractivity contribution in [3.05, 3.63) is 33.5 Å². The Bertz CT molecular complexity index is 944. The van der Waals surface area contributed by atoms with E-state index < -0.39 is 17.8 Å². The molecule has 2 aromatic rings. The summed E-state index contributed by atoms with van der Waals surface area (Å²) in [7, 11) is 1.51. The van der Waals surface area contributed by atoms with E-state index in [1.54, 1.807) is 20.8 Å². The van der Waals surface area contributed by atoms with Gasteiger partial charge in [0.05, 0.1) is 23.7 Å². The maximum absolute atomic E-state index is 12.6. The number of nitrogens with one attached hydrogen (secondary N) is 1. The van der Waals surface area contributed by atoms with E-state index in [2.05, 4.69) is 10.4 Å². The van der Waals surface area contributed by atoms with E-state index in [1.807, 2.05) is 0 Å². The average molecular weight is 407 g/mol. The minimum Gasteiger partial charge on any atom is -0.462 e. The molecule has 2 rings (SSSR count). The van der Waals surface area contributed by atoms with Crippen molar-refractivity contribution in [3.8, 4) is 0 Å². The monoisotopic (exact) mass is 407 g/mol. The van der Waals surface area contributed by atoms with Crippen molar-refractivity contribution in [1.82, 2.24) is 9.78 Å². The largest absolute Gasteiger partial charge is 0.462 e. The third-order valence-corrected chi connectivity index (χ3v) is 5.08. The zero-order valence-corrected chi connectivity index (χ0v) is 17.1. The van der Waals surface area contributed by atoms with Gasteiger partial charge in [0, 0.05) is 13.1 Å². The van der Waals surface area contributed by atoms with Gasteiger partial charge in [0.1, 0.15) is 10.7 Å². The number of ether oxygens (including phenoxy) is 2. The number of ketones is 1. The molecule has 0 aromatic carbocycles. The van der Waals surface area contributed by atoms with E-state index in [0.717, 1.165) is 11.3 Å². The lowest BCUT2D eigenvalue weighted by molar-refractivity contribution is 0.0508. The number of nitrogens with zero attached hydrogens (tertiary/aromatic N) is 2. The van der Waals surface area contributed by atoms with Gasteiger partial charge in [-0.1, -0.05) is 0 Å². The highest BCUT2D eigenvalue weighted by atomic mass is 32.1. The van der Waals surface area contributed by atoms with Crippen LogP contribution in [0.3, 0.4) is 0 Å². The molecule has 0 aliphatic carbocycles. The second-order valence-corrected chi connectivity index (χ2v) is 6.77. The molecule has 0 bridgehead atoms. The number of Topliss-reactive ketones (excluding diaryl/α,β-unsaturated/α-hetero) is 1. The Labute approximate surface area is 165 Å². The standard InChI is InChI=1S/C18H21N3O6S/c1-6-26-17(24)12-8-11(20-21(12)5)15(23)19-16-13(18(25)27-7-2)9(3)14(28-16)10(4)22/h8H,6-7H2,1-5H3,(H,19,23). The van der Waals surface area contributed by atoms with Crippen LogP contribution in [0.15, 0.2) is 6.07 Å². The summed E-state index contributed by atoms with van der Waals surface area (Å²) < 4.78 is 11.2. The van der Waals surface area contributed by atoms with Gasteiger partial charge in [0.2, 0.25) is 0 Å². The molecule has 0 atom stereocenters. The van der Waals surface area contributed by atoms with Crippen LogP contribution in [0.25, 0.3) is 0 Å². The first kappa shape index (κ1) is 21.3. The Morgan fingerprint density at radius 3 is 2.32 bits per heavy atom. The molecule has 0 fully saturated rings. The predicted molar refractivity (Wildman–Crippen MR) is 102 cm³/mol. The molecule has 10 heteroatoms. The van der Waals surface area contributed by atoms with Crippen LogP contribution in [0.2, 0.25) is 0 Å². The van der Waals surface area contributed by atoms with Crippen molar-refractivity contribution >= 4 is 40.0 Å². The molecule has 0 unspecified atom stereocenters. The van der Waals surface area contributed by atoms with Gasteiger partial charge in [0.15, 0.2) is 11.5 Å². The average Bonchev–Trinajstić information content (AvgIpc) is 3.16. The molecule has 1 amide bonds. The summed E-state index contributed by atoms with van der Waals surface area (Å²) in [5, 5.41) is 6.79. The second-order valence-electron chi connectivity index (χ2n) is 5.75. The maximum Gasteiger partial charge on any atom is 0.356 e. The maximum atomic E-state index is 12.6. The topological polar surface area (TPSA) is 117 Å². The van der Waals surface area contributed by atoms with Gasteiger partial charge in [-0.3, -0.25) is 14.3 Å². The van der Waals surface area contributed by atoms with E-state index in [0.29, 0.717) is 10.4 Å². The molecular formula is C18H21N3O6S. The Morgan fingerprint density at radius 1 is 1.14 bits per heavy atom. The molecule has 150 valence electrons. The van der Waals surface area contributed by atoms with E-state index in [4.69, 9.17) is 9.47 Å². The Morgan fingerprint density at radius 2 is 1.75 bits per heavy atom. The molecule has 28 heavy (non-hydrogen) atoms. The van der Waals surface area contributed by atoms with Gasteiger partial charge < -0.3 is 14.8 Å². The first-order valence-electron chi connectivity index (χ1n) is 8.55. The first-order chi connectivity index (χ1) is 13.2. The number of esters is 2. The summed E-state index contributed by atoms with van der Waals surface area (Å²) in [6, 6.07) is 1.30. The summed E-state index contributed by atoms with van der Waals surface area (Å²) in [6.07, 6.45) is 0. The molecule has 0 saturated carbocycles. The highest BCUT2D eigenvalue weighted by molar-refractivity contribution is 7.18. The Kier molecular flexibility index (Phi) is 6.68. The number of thiophene rings is 1. The molecule has 2 heterocycles. The lowest BCUT2D eigenvalue weighted by atomic mass is 10.1. The van der Waals surface area contributed by atoms with Crippen LogP contribution < -0.4 is 5.32 Å². The lowest BCUT2D eigenvalue weighted by Gasteiger charge is -2.06. The normalized spacial score (nSPS) is 10.5. The van der Waals surface area contributed by atoms with E-state index in [9.17, 15) is 19.2 Å². The van der Waals surface area contributed by atoms with Crippen LogP contribution in [0.1, 0.15) is 67.3 Å². The molecule has 9 nitrogen and oxygen atoms in total. The quantitative estimate of drug-likeness (QED) is 0.554. The molecule has 1 N–H and O–H groups in total. The van der Waals surface area contributed by atoms with Crippen LogP contribution in [0.4, 0.5) is 5.00 Å². The number of hydrogen-bond acceptors (Lipinski definition) is 8. The van der Waals surface area contributed by atoms with Gasteiger partial charge in [-0.15, -0.1) is 11.3 Å². The summed E-state index contributed by atoms with van der Waals surface area (Å²) >= 11 is 0.988. The molecule has 0 saturated heterocycles. The van der Waals surface area contributed by atoms with Crippen LogP contribution >= 0.6 is 11.3 Å². The van der Waals surface area contributed by atoms with Crippen LogP contribution in [0.5, 0.6) is 0 Å². The zero-order chi connectivity index (χ0) is 21.0. The van der Waals surface area contributed by atoms with E-state index >= 15 is 0 Å². The van der Waals surface area contributed by atoms with Crippen LogP contribution in [-0.4, -0.2) is 46.6 Å². The van der Waals surface area contributed by atoms with Gasteiger partial charge in [-0.25, -0.2) is 9.59 Å². The van der Waals surface area contributed by atoms with Crippen molar-refractivity contribution in [1.29, 1.82) is 0 Å². The first-order valence-corrected chi connectivity index (χ1v) is 9.36. The van der Waals surface area contributed by atoms with Crippen molar-refractivity contribution in [2.24, 2.45) is 7.05 Å². The number of anilines is 1. The molecule has 2 aromatic heterocycles. The number of carbonyl (C=O) groups excluding carboxylic acids is 4. The fourth-order valence-electron chi connectivity index (χ4n) is 2.53. The summed E-state index contributed by atoms with van der Waals surface area (Å²) in [5.41, 5.74) is 0.659. The van der Waals surface area contributed by atoms with E-state index in [-0.39, 0.29) is 40.9 Å². The fraction of sp³-hybridized carbons (Fsp3) is 0.389. The smallest absolute Gasteiger partial charge is 0.356 e. The number of carbonyl (C=O) groups is 4. The number of rotatable bonds is 7. The molecule has 0 radical (unpaired) electrons. The van der Waals surface area contributed by atoms with Crippen LogP contribution in [-0.2, 0) is 16.5 Å². The van der Waals surface area contributed by atoms with Crippen molar-refractivity contribution in [2.45, 2.75) is 27.7 Å². The highest BCUT2D eigenvalue weighted by Gasteiger charge is 2.26. The van der Waals surface area contributed by atoms with E-state index in [1.165, 1.54) is 24.7 Å². The zero-order valence-electron chi connectivity index (χ0n) is 16.2. The SMILES string of the molecule is CCOC(=O)c1c(NC(=O)c2cc(C(=O)OCC)n(C)n2)sc(C(C)=O)c1C. The second kappa shape index (κ2) is 8.79. The van der Waals surface area contributed by atoms with Gasteiger partial charge in [0.25, 0.3) is 5.91 Å². The van der Waals surface area contributed by atoms with Crippen molar-refractivity contribution in [3.63, 3.8) is 0 Å². The Balaban J connectivity index is 2.37. The van der Waals surface area contributed by atoms with Crippen molar-refractivity contribution in [2.75, 3.05) is 18.5 Å². The van der Waals surface area contributed by atoms with Gasteiger partial charge in [-0.2, -0.15) is 5.10 Å². The summed E-state index contributed by atoms with van der Waals surface area (Å²) in [4.78, 5) is 49.0. The summed E-state index contributed by atoms with van der Waals surface area (Å²) in [5.74, 6) is -2.09. The molecular weight excluding hydrogens is 386 g/mol. The minimum absolute atomic E-state index is 0.0317. The number of aromatic nitrogens is 2. The molecule has 0 aliphatic heterocycles. The van der Waals surface area contributed by atoms with Gasteiger partial charge >= 0.3 is 11.9 Å². The predicted octanol–water partition coefficient (Wildman–Crippen LogP) is 2.60. The number of hydrogen-bond donors (Lipinski definition) is 1. The summed E-state index contributed by atoms with van der Waals surface area (Å²) in [6.45, 7) is 6.67. The Hall–Kier alpha value is -3.01. The molecule has 0 aliphatic rings.